The molecule has 1 aromatic heterocycles. The zero-order valence-electron chi connectivity index (χ0n) is 20.0. The number of nitrogens with one attached hydrogen (secondary N) is 1. The van der Waals surface area contributed by atoms with Gasteiger partial charge in [-0.05, 0) is 69.7 Å². The lowest BCUT2D eigenvalue weighted by Crippen LogP contribution is -2.53. The van der Waals surface area contributed by atoms with Crippen LogP contribution in [0.2, 0.25) is 0 Å². The summed E-state index contributed by atoms with van der Waals surface area (Å²) in [4.78, 5) is 16.6. The highest BCUT2D eigenvalue weighted by molar-refractivity contribution is 5.94. The van der Waals surface area contributed by atoms with Crippen LogP contribution in [0.1, 0.15) is 60.8 Å². The molecule has 1 N–H and O–H groups in total. The van der Waals surface area contributed by atoms with Crippen molar-refractivity contribution < 1.29 is 22.7 Å². The van der Waals surface area contributed by atoms with E-state index in [0.29, 0.717) is 26.2 Å². The number of H-pyrrole nitrogens is 1. The van der Waals surface area contributed by atoms with Gasteiger partial charge in [0, 0.05) is 43.4 Å². The molecule has 6 nitrogen and oxygen atoms in total. The van der Waals surface area contributed by atoms with Gasteiger partial charge in [0.15, 0.2) is 11.6 Å². The number of carbonyl (C=O) groups excluding carboxylic acids is 1. The summed E-state index contributed by atoms with van der Waals surface area (Å²) in [5, 5.41) is 7.36. The minimum atomic E-state index is -2.39. The fourth-order valence-corrected chi connectivity index (χ4v) is 5.40. The summed E-state index contributed by atoms with van der Waals surface area (Å²) in [5.41, 5.74) is 2.00. The number of aromatic amines is 1. The van der Waals surface area contributed by atoms with Crippen molar-refractivity contribution in [1.82, 2.24) is 20.0 Å². The predicted molar refractivity (Wildman–Crippen MR) is 123 cm³/mol. The minimum absolute atomic E-state index is 0.0716. The molecule has 3 heterocycles. The molecular formula is C25H33F3N4O2. The van der Waals surface area contributed by atoms with Crippen LogP contribution < -0.4 is 4.74 Å². The van der Waals surface area contributed by atoms with Gasteiger partial charge in [0.05, 0.1) is 18.3 Å². The average Bonchev–Trinajstić information content (AvgIpc) is 3.21. The van der Waals surface area contributed by atoms with Gasteiger partial charge in [0.25, 0.3) is 12.3 Å². The molecule has 2 aliphatic heterocycles. The van der Waals surface area contributed by atoms with E-state index in [-0.39, 0.29) is 41.2 Å². The van der Waals surface area contributed by atoms with Crippen LogP contribution in [0.4, 0.5) is 13.2 Å². The van der Waals surface area contributed by atoms with E-state index in [1.807, 2.05) is 31.7 Å². The number of piperidine rings is 2. The van der Waals surface area contributed by atoms with Crippen LogP contribution in [-0.2, 0) is 0 Å². The van der Waals surface area contributed by atoms with Crippen molar-refractivity contribution >= 4 is 5.91 Å². The van der Waals surface area contributed by atoms with Gasteiger partial charge in [-0.3, -0.25) is 14.8 Å². The number of alkyl halides is 2. The second kappa shape index (κ2) is 9.98. The molecule has 1 atom stereocenters. The summed E-state index contributed by atoms with van der Waals surface area (Å²) < 4.78 is 46.3. The Morgan fingerprint density at radius 1 is 1.26 bits per heavy atom. The molecule has 1 aromatic carbocycles. The van der Waals surface area contributed by atoms with Gasteiger partial charge in [-0.2, -0.15) is 5.10 Å². The predicted octanol–water partition coefficient (Wildman–Crippen LogP) is 4.62. The molecule has 0 saturated carbocycles. The number of hydrogen-bond donors (Lipinski definition) is 1. The SMILES string of the molecule is Cc1cc(C2CN(CC(F)F)CC3(CCN(C(=O)c4ccc(OC(C)C)c(F)c4)CC3)C2)n[nH]1. The Morgan fingerprint density at radius 2 is 2.00 bits per heavy atom. The zero-order chi connectivity index (χ0) is 24.5. The maximum atomic E-state index is 14.4. The fourth-order valence-electron chi connectivity index (χ4n) is 5.40. The highest BCUT2D eigenvalue weighted by Crippen LogP contribution is 2.45. The van der Waals surface area contributed by atoms with E-state index in [1.54, 1.807) is 11.0 Å². The first kappa shape index (κ1) is 24.6. The van der Waals surface area contributed by atoms with E-state index in [4.69, 9.17) is 4.74 Å². The van der Waals surface area contributed by atoms with Crippen molar-refractivity contribution in [3.8, 4) is 5.75 Å². The topological polar surface area (TPSA) is 61.5 Å². The Labute approximate surface area is 198 Å². The van der Waals surface area contributed by atoms with Crippen LogP contribution in [0.3, 0.4) is 0 Å². The Morgan fingerprint density at radius 3 is 2.59 bits per heavy atom. The normalized spacial score (nSPS) is 20.9. The number of aromatic nitrogens is 2. The number of amides is 1. The first-order chi connectivity index (χ1) is 16.1. The smallest absolute Gasteiger partial charge is 0.253 e. The molecule has 0 radical (unpaired) electrons. The summed E-state index contributed by atoms with van der Waals surface area (Å²) in [5.74, 6) is -0.572. The second-order valence-corrected chi connectivity index (χ2v) is 10.1. The fraction of sp³-hybridized carbons (Fsp3) is 0.600. The lowest BCUT2D eigenvalue weighted by molar-refractivity contribution is -0.00849. The van der Waals surface area contributed by atoms with Gasteiger partial charge in [0.2, 0.25) is 0 Å². The van der Waals surface area contributed by atoms with Crippen LogP contribution in [0.15, 0.2) is 24.3 Å². The van der Waals surface area contributed by atoms with Crippen LogP contribution in [0, 0.1) is 18.2 Å². The minimum Gasteiger partial charge on any atom is -0.488 e. The molecule has 1 unspecified atom stereocenters. The molecule has 186 valence electrons. The van der Waals surface area contributed by atoms with Gasteiger partial charge in [-0.15, -0.1) is 0 Å². The highest BCUT2D eigenvalue weighted by Gasteiger charge is 2.44. The van der Waals surface area contributed by atoms with Crippen LogP contribution in [0.5, 0.6) is 5.75 Å². The summed E-state index contributed by atoms with van der Waals surface area (Å²) in [6.07, 6.45) is -0.265. The van der Waals surface area contributed by atoms with Crippen molar-refractivity contribution in [1.29, 1.82) is 0 Å². The van der Waals surface area contributed by atoms with E-state index in [2.05, 4.69) is 10.2 Å². The Kier molecular flexibility index (Phi) is 7.21. The van der Waals surface area contributed by atoms with E-state index in [0.717, 1.165) is 30.7 Å². The molecule has 2 aliphatic rings. The van der Waals surface area contributed by atoms with Crippen molar-refractivity contribution in [3.05, 3.63) is 47.0 Å². The van der Waals surface area contributed by atoms with Crippen molar-refractivity contribution in [2.24, 2.45) is 5.41 Å². The third kappa shape index (κ3) is 5.56. The average molecular weight is 479 g/mol. The van der Waals surface area contributed by atoms with E-state index in [9.17, 15) is 18.0 Å². The number of rotatable bonds is 6. The summed E-state index contributed by atoms with van der Waals surface area (Å²) in [7, 11) is 0. The Bertz CT molecular complexity index is 1000. The molecular weight excluding hydrogens is 445 g/mol. The van der Waals surface area contributed by atoms with Gasteiger partial charge in [0.1, 0.15) is 0 Å². The van der Waals surface area contributed by atoms with E-state index in [1.165, 1.54) is 12.1 Å². The number of halogens is 3. The molecule has 0 aliphatic carbocycles. The number of hydrogen-bond acceptors (Lipinski definition) is 4. The number of likely N-dealkylation sites (tertiary alicyclic amines) is 2. The first-order valence-corrected chi connectivity index (χ1v) is 11.9. The Hall–Kier alpha value is -2.55. The quantitative estimate of drug-likeness (QED) is 0.658. The van der Waals surface area contributed by atoms with Crippen molar-refractivity contribution in [2.75, 3.05) is 32.7 Å². The van der Waals surface area contributed by atoms with Gasteiger partial charge >= 0.3 is 0 Å². The largest absolute Gasteiger partial charge is 0.488 e. The number of benzene rings is 1. The highest BCUT2D eigenvalue weighted by atomic mass is 19.3. The molecule has 9 heteroatoms. The number of carbonyl (C=O) groups is 1. The molecule has 1 spiro atoms. The standard InChI is InChI=1S/C25H33F3N4O2/c1-16(2)34-22-5-4-18(11-20(22)26)24(33)32-8-6-25(7-9-32)12-19(21-10-17(3)29-30-21)13-31(15-25)14-23(27)28/h4-5,10-11,16,19,23H,6-9,12-15H2,1-3H3,(H,29,30). The summed E-state index contributed by atoms with van der Waals surface area (Å²) >= 11 is 0. The maximum absolute atomic E-state index is 14.4. The van der Waals surface area contributed by atoms with Crippen molar-refractivity contribution in [2.45, 2.75) is 58.5 Å². The molecule has 2 aromatic rings. The summed E-state index contributed by atoms with van der Waals surface area (Å²) in [6, 6.07) is 6.30. The molecule has 34 heavy (non-hydrogen) atoms. The van der Waals surface area contributed by atoms with Crippen LogP contribution in [-0.4, -0.2) is 71.2 Å². The number of nitrogens with zero attached hydrogens (tertiary/aromatic N) is 3. The van der Waals surface area contributed by atoms with E-state index >= 15 is 0 Å². The molecule has 1 amide bonds. The van der Waals surface area contributed by atoms with Gasteiger partial charge < -0.3 is 9.64 Å². The van der Waals surface area contributed by atoms with Gasteiger partial charge in [-0.1, -0.05) is 0 Å². The monoisotopic (exact) mass is 478 g/mol. The lowest BCUT2D eigenvalue weighted by atomic mass is 9.68. The third-order valence-corrected chi connectivity index (χ3v) is 6.91. The van der Waals surface area contributed by atoms with Gasteiger partial charge in [-0.25, -0.2) is 13.2 Å². The lowest BCUT2D eigenvalue weighted by Gasteiger charge is -2.50. The second-order valence-electron chi connectivity index (χ2n) is 10.1. The molecule has 2 saturated heterocycles. The van der Waals surface area contributed by atoms with Crippen molar-refractivity contribution in [3.63, 3.8) is 0 Å². The first-order valence-electron chi connectivity index (χ1n) is 11.9. The number of ether oxygens (including phenoxy) is 1. The zero-order valence-corrected chi connectivity index (χ0v) is 20.0. The summed E-state index contributed by atoms with van der Waals surface area (Å²) in [6.45, 7) is 7.48. The third-order valence-electron chi connectivity index (χ3n) is 6.91. The Balaban J connectivity index is 1.45. The molecule has 2 fully saturated rings. The van der Waals surface area contributed by atoms with Crippen LogP contribution >= 0.6 is 0 Å². The molecule has 4 rings (SSSR count). The number of aryl methyl sites for hydroxylation is 1. The van der Waals surface area contributed by atoms with Crippen LogP contribution in [0.25, 0.3) is 0 Å². The van der Waals surface area contributed by atoms with E-state index < -0.39 is 12.2 Å². The molecule has 0 bridgehead atoms. The maximum Gasteiger partial charge on any atom is 0.253 e.